The molecule has 6 nitrogen and oxygen atoms in total. The zero-order chi connectivity index (χ0) is 17.6. The second kappa shape index (κ2) is 5.84. The average Bonchev–Trinajstić information content (AvgIpc) is 2.77. The molecule has 1 N–H and O–H groups in total. The molecule has 0 bridgehead atoms. The maximum Gasteiger partial charge on any atom is 0.408 e. The van der Waals surface area contributed by atoms with Crippen LogP contribution in [0, 0.1) is 15.2 Å². The van der Waals surface area contributed by atoms with Gasteiger partial charge in [0.05, 0.1) is 9.11 Å². The molecule has 0 spiro atoms. The summed E-state index contributed by atoms with van der Waals surface area (Å²) in [5, 5.41) is 10.3. The quantitative estimate of drug-likeness (QED) is 0.731. The van der Waals surface area contributed by atoms with Crippen LogP contribution in [0.15, 0.2) is 6.20 Å². The number of alkyl carbamates (subject to hydrolysis) is 1. The van der Waals surface area contributed by atoms with Crippen molar-refractivity contribution in [2.75, 3.05) is 0 Å². The van der Waals surface area contributed by atoms with Crippen LogP contribution in [-0.4, -0.2) is 26.3 Å². The van der Waals surface area contributed by atoms with Crippen molar-refractivity contribution < 1.29 is 18.3 Å². The summed E-state index contributed by atoms with van der Waals surface area (Å²) < 4.78 is 34.1. The first-order chi connectivity index (χ1) is 10.4. The minimum atomic E-state index is -1.05. The second-order valence-electron chi connectivity index (χ2n) is 6.57. The van der Waals surface area contributed by atoms with Crippen LogP contribution in [0.2, 0.25) is 0 Å². The third-order valence-electron chi connectivity index (χ3n) is 2.91. The van der Waals surface area contributed by atoms with E-state index in [2.05, 4.69) is 15.5 Å². The molecule has 0 aliphatic carbocycles. The number of nitrogens with one attached hydrogen (secondary N) is 1. The predicted molar refractivity (Wildman–Crippen MR) is 88.0 cm³/mol. The highest BCUT2D eigenvalue weighted by Crippen LogP contribution is 2.24. The summed E-state index contributed by atoms with van der Waals surface area (Å²) >= 11 is 1.56. The van der Waals surface area contributed by atoms with Gasteiger partial charge in [-0.1, -0.05) is 0 Å². The van der Waals surface area contributed by atoms with Crippen molar-refractivity contribution in [2.24, 2.45) is 0 Å². The summed E-state index contributed by atoms with van der Waals surface area (Å²) in [6.07, 6.45) is 0.430. The molecule has 2 aromatic heterocycles. The fourth-order valence-electron chi connectivity index (χ4n) is 1.98. The lowest BCUT2D eigenvalue weighted by molar-refractivity contribution is 0.0465. The van der Waals surface area contributed by atoms with E-state index in [1.165, 1.54) is 4.40 Å². The van der Waals surface area contributed by atoms with E-state index < -0.39 is 28.9 Å². The van der Waals surface area contributed by atoms with Gasteiger partial charge in [-0.15, -0.1) is 10.2 Å². The summed E-state index contributed by atoms with van der Waals surface area (Å²) in [7, 11) is 0. The number of nitrogens with zero attached hydrogens (tertiary/aromatic N) is 3. The zero-order valence-corrected chi connectivity index (χ0v) is 15.5. The van der Waals surface area contributed by atoms with E-state index in [0.717, 1.165) is 6.20 Å². The number of rotatable bonds is 2. The molecule has 0 aromatic carbocycles. The highest BCUT2D eigenvalue weighted by molar-refractivity contribution is 14.1. The molecule has 0 unspecified atom stereocenters. The van der Waals surface area contributed by atoms with E-state index in [0.29, 0.717) is 0 Å². The van der Waals surface area contributed by atoms with Gasteiger partial charge in [0, 0.05) is 6.20 Å². The third kappa shape index (κ3) is 3.70. The molecule has 2 aromatic rings. The van der Waals surface area contributed by atoms with Crippen LogP contribution in [0.4, 0.5) is 13.6 Å². The van der Waals surface area contributed by atoms with Crippen molar-refractivity contribution >= 4 is 34.3 Å². The van der Waals surface area contributed by atoms with Gasteiger partial charge < -0.3 is 10.1 Å². The zero-order valence-electron chi connectivity index (χ0n) is 13.4. The number of carbonyl (C=O) groups excluding carboxylic acids is 1. The summed E-state index contributed by atoms with van der Waals surface area (Å²) in [6, 6.07) is 0. The fraction of sp³-hybridized carbons (Fsp3) is 0.500. The van der Waals surface area contributed by atoms with E-state index in [1.54, 1.807) is 57.2 Å². The highest BCUT2D eigenvalue weighted by Gasteiger charge is 2.32. The van der Waals surface area contributed by atoms with E-state index in [9.17, 15) is 13.6 Å². The van der Waals surface area contributed by atoms with Crippen LogP contribution in [0.25, 0.3) is 5.65 Å². The molecule has 0 aliphatic rings. The Morgan fingerprint density at radius 1 is 1.26 bits per heavy atom. The molecule has 23 heavy (non-hydrogen) atoms. The Labute approximate surface area is 145 Å². The molecular weight excluding hydrogens is 421 g/mol. The molecule has 0 fully saturated rings. The number of carbonyl (C=O) groups is 1. The smallest absolute Gasteiger partial charge is 0.408 e. The molecule has 0 saturated heterocycles. The molecule has 126 valence electrons. The lowest BCUT2D eigenvalue weighted by Gasteiger charge is -2.27. The number of ether oxygens (including phenoxy) is 1. The summed E-state index contributed by atoms with van der Waals surface area (Å²) in [5.74, 6) is -1.34. The summed E-state index contributed by atoms with van der Waals surface area (Å²) in [5.41, 5.74) is -1.82. The average molecular weight is 438 g/mol. The summed E-state index contributed by atoms with van der Waals surface area (Å²) in [4.78, 5) is 12.0. The standard InChI is InChI=1S/C14H17F2IN4O2/c1-13(2,3)23-12(22)18-14(4,5)11-20-19-10-8(16)9(17)7(15)6-21(10)11/h6H,1-5H3,(H,18,22). The van der Waals surface area contributed by atoms with Gasteiger partial charge in [-0.25, -0.2) is 13.6 Å². The molecule has 0 saturated carbocycles. The Balaban J connectivity index is 2.41. The number of halogens is 3. The van der Waals surface area contributed by atoms with Gasteiger partial charge in [-0.05, 0) is 57.2 Å². The fourth-order valence-corrected chi connectivity index (χ4v) is 2.36. The van der Waals surface area contributed by atoms with Gasteiger partial charge in [-0.3, -0.25) is 4.40 Å². The number of hydrogen-bond acceptors (Lipinski definition) is 4. The first kappa shape index (κ1) is 17.8. The van der Waals surface area contributed by atoms with Crippen molar-refractivity contribution in [1.29, 1.82) is 0 Å². The molecule has 2 rings (SSSR count). The Bertz CT molecular complexity index is 768. The Hall–Kier alpha value is -1.52. The maximum absolute atomic E-state index is 14.1. The Morgan fingerprint density at radius 3 is 2.43 bits per heavy atom. The minimum absolute atomic E-state index is 0.107. The Kier molecular flexibility index (Phi) is 4.53. The van der Waals surface area contributed by atoms with Gasteiger partial charge in [0.1, 0.15) is 5.60 Å². The van der Waals surface area contributed by atoms with Crippen molar-refractivity contribution in [3.05, 3.63) is 27.2 Å². The normalized spacial score (nSPS) is 12.5. The number of pyridine rings is 1. The lowest BCUT2D eigenvalue weighted by atomic mass is 10.1. The molecule has 2 heterocycles. The van der Waals surface area contributed by atoms with Crippen molar-refractivity contribution in [3.63, 3.8) is 0 Å². The van der Waals surface area contributed by atoms with Crippen molar-refractivity contribution in [2.45, 2.75) is 45.8 Å². The van der Waals surface area contributed by atoms with E-state index in [4.69, 9.17) is 4.74 Å². The number of amides is 1. The van der Waals surface area contributed by atoms with Crippen LogP contribution in [0.3, 0.4) is 0 Å². The number of fused-ring (bicyclic) bond motifs is 1. The maximum atomic E-state index is 14.1. The minimum Gasteiger partial charge on any atom is -0.444 e. The molecule has 0 aliphatic heterocycles. The van der Waals surface area contributed by atoms with Crippen LogP contribution in [-0.2, 0) is 10.3 Å². The molecule has 9 heteroatoms. The monoisotopic (exact) mass is 438 g/mol. The molecule has 0 atom stereocenters. The molecule has 1 amide bonds. The van der Waals surface area contributed by atoms with Crippen LogP contribution in [0.5, 0.6) is 0 Å². The van der Waals surface area contributed by atoms with Gasteiger partial charge in [0.15, 0.2) is 23.1 Å². The van der Waals surface area contributed by atoms with Gasteiger partial charge in [0.2, 0.25) is 0 Å². The molecular formula is C14H17F2IN4O2. The molecule has 0 radical (unpaired) electrons. The van der Waals surface area contributed by atoms with E-state index in [1.807, 2.05) is 0 Å². The van der Waals surface area contributed by atoms with E-state index >= 15 is 0 Å². The SMILES string of the molecule is CC(C)(C)OC(=O)NC(C)(C)c1nnc2c(F)c(I)c(F)cn12. The second-order valence-corrected chi connectivity index (χ2v) is 7.65. The van der Waals surface area contributed by atoms with Crippen LogP contribution in [0.1, 0.15) is 40.4 Å². The van der Waals surface area contributed by atoms with E-state index in [-0.39, 0.29) is 15.0 Å². The number of aromatic nitrogens is 3. The first-order valence-corrected chi connectivity index (χ1v) is 7.90. The first-order valence-electron chi connectivity index (χ1n) is 6.82. The lowest BCUT2D eigenvalue weighted by Crippen LogP contribution is -2.45. The number of hydrogen-bond donors (Lipinski definition) is 1. The third-order valence-corrected chi connectivity index (χ3v) is 3.90. The highest BCUT2D eigenvalue weighted by atomic mass is 127. The van der Waals surface area contributed by atoms with Gasteiger partial charge in [-0.2, -0.15) is 0 Å². The van der Waals surface area contributed by atoms with Gasteiger partial charge >= 0.3 is 6.09 Å². The Morgan fingerprint density at radius 2 is 1.87 bits per heavy atom. The van der Waals surface area contributed by atoms with Crippen molar-refractivity contribution in [1.82, 2.24) is 19.9 Å². The van der Waals surface area contributed by atoms with Crippen molar-refractivity contribution in [3.8, 4) is 0 Å². The van der Waals surface area contributed by atoms with Gasteiger partial charge in [0.25, 0.3) is 0 Å². The summed E-state index contributed by atoms with van der Waals surface area (Å²) in [6.45, 7) is 8.48. The van der Waals surface area contributed by atoms with Crippen LogP contribution >= 0.6 is 22.6 Å². The van der Waals surface area contributed by atoms with Crippen LogP contribution < -0.4 is 5.32 Å². The predicted octanol–water partition coefficient (Wildman–Crippen LogP) is 3.37. The largest absolute Gasteiger partial charge is 0.444 e. The topological polar surface area (TPSA) is 68.5 Å².